The largest absolute Gasteiger partial charge is 0.481 e. The van der Waals surface area contributed by atoms with Gasteiger partial charge in [0.1, 0.15) is 0 Å². The van der Waals surface area contributed by atoms with E-state index in [0.717, 1.165) is 25.7 Å². The number of hydrogen-bond acceptors (Lipinski definition) is 2. The van der Waals surface area contributed by atoms with Crippen molar-refractivity contribution in [3.63, 3.8) is 0 Å². The normalized spacial score (nSPS) is 14.3. The van der Waals surface area contributed by atoms with Gasteiger partial charge in [0.25, 0.3) is 0 Å². The zero-order valence-corrected chi connectivity index (χ0v) is 25.9. The summed E-state index contributed by atoms with van der Waals surface area (Å²) in [4.78, 5) is 12.9. The third-order valence-electron chi connectivity index (χ3n) is 9.41. The van der Waals surface area contributed by atoms with Crippen LogP contribution >= 0.6 is 0 Å². The van der Waals surface area contributed by atoms with Crippen LogP contribution in [0, 0.1) is 16.7 Å². The predicted octanol–water partition coefficient (Wildman–Crippen LogP) is 11.9. The van der Waals surface area contributed by atoms with Gasteiger partial charge in [-0.25, -0.2) is 0 Å². The predicted molar refractivity (Wildman–Crippen MR) is 161 cm³/mol. The molecular formula is C33H69NO2. The van der Waals surface area contributed by atoms with Crippen LogP contribution in [0.3, 0.4) is 0 Å². The first-order valence-electron chi connectivity index (χ1n) is 16.1. The highest BCUT2D eigenvalue weighted by Crippen LogP contribution is 2.57. The first kappa shape index (κ1) is 37.6. The average Bonchev–Trinajstić information content (AvgIpc) is 2.86. The lowest BCUT2D eigenvalue weighted by molar-refractivity contribution is -0.164. The van der Waals surface area contributed by atoms with Gasteiger partial charge in [-0.1, -0.05) is 157 Å². The Morgan fingerprint density at radius 1 is 0.611 bits per heavy atom. The Morgan fingerprint density at radius 3 is 1.31 bits per heavy atom. The van der Waals surface area contributed by atoms with Gasteiger partial charge in [0.05, 0.1) is 5.41 Å². The summed E-state index contributed by atoms with van der Waals surface area (Å²) in [5.74, 6) is -0.0145. The van der Waals surface area contributed by atoms with Crippen LogP contribution in [-0.2, 0) is 4.79 Å². The summed E-state index contributed by atoms with van der Waals surface area (Å²) in [5.41, 5.74) is -0.690. The Labute approximate surface area is 228 Å². The van der Waals surface area contributed by atoms with E-state index in [0.29, 0.717) is 5.92 Å². The van der Waals surface area contributed by atoms with Gasteiger partial charge in [-0.3, -0.25) is 4.79 Å². The average molecular weight is 512 g/mol. The molecule has 0 fully saturated rings. The van der Waals surface area contributed by atoms with E-state index < -0.39 is 11.4 Å². The first-order chi connectivity index (χ1) is 16.9. The molecule has 36 heavy (non-hydrogen) atoms. The van der Waals surface area contributed by atoms with Crippen LogP contribution in [0.5, 0.6) is 0 Å². The monoisotopic (exact) mass is 512 g/mol. The molecule has 2 unspecified atom stereocenters. The number of unbranched alkanes of at least 4 members (excludes halogenated alkanes) is 15. The van der Waals surface area contributed by atoms with Gasteiger partial charge in [-0.15, -0.1) is 0 Å². The van der Waals surface area contributed by atoms with Crippen LogP contribution in [0.1, 0.15) is 189 Å². The van der Waals surface area contributed by atoms with E-state index in [1.807, 2.05) is 0 Å². The smallest absolute Gasteiger partial charge is 0.309 e. The molecule has 4 N–H and O–H groups in total. The van der Waals surface area contributed by atoms with Crippen molar-refractivity contribution in [1.29, 1.82) is 0 Å². The van der Waals surface area contributed by atoms with Gasteiger partial charge >= 0.3 is 5.97 Å². The molecule has 3 nitrogen and oxygen atoms in total. The van der Waals surface area contributed by atoms with Gasteiger partial charge in [0.2, 0.25) is 0 Å². The Balaban J connectivity index is 0. The van der Waals surface area contributed by atoms with Crippen LogP contribution in [0.15, 0.2) is 0 Å². The van der Waals surface area contributed by atoms with E-state index in [1.165, 1.54) is 122 Å². The summed E-state index contributed by atoms with van der Waals surface area (Å²) in [6.07, 6.45) is 28.7. The van der Waals surface area contributed by atoms with Crippen molar-refractivity contribution in [2.75, 3.05) is 0 Å². The maximum absolute atomic E-state index is 12.9. The summed E-state index contributed by atoms with van der Waals surface area (Å²) in [6.45, 7) is 13.4. The van der Waals surface area contributed by atoms with Crippen molar-refractivity contribution in [3.05, 3.63) is 0 Å². The molecule has 218 valence electrons. The summed E-state index contributed by atoms with van der Waals surface area (Å²) in [5, 5.41) is 10.6. The maximum atomic E-state index is 12.9. The maximum Gasteiger partial charge on any atom is 0.309 e. The molecule has 2 atom stereocenters. The van der Waals surface area contributed by atoms with Crippen LogP contribution in [0.2, 0.25) is 0 Å². The Morgan fingerprint density at radius 2 is 0.972 bits per heavy atom. The fraction of sp³-hybridized carbons (Fsp3) is 0.970. The summed E-state index contributed by atoms with van der Waals surface area (Å²) in [7, 11) is 0. The minimum Gasteiger partial charge on any atom is -0.481 e. The first-order valence-corrected chi connectivity index (χ1v) is 16.1. The molecule has 3 heteroatoms. The zero-order valence-electron chi connectivity index (χ0n) is 25.9. The molecule has 0 aliphatic rings. The molecule has 0 aliphatic heterocycles. The molecule has 0 aromatic rings. The topological polar surface area (TPSA) is 72.3 Å². The van der Waals surface area contributed by atoms with E-state index in [1.54, 1.807) is 0 Å². The number of carboxylic acid groups (broad SMARTS) is 1. The molecule has 0 aliphatic carbocycles. The van der Waals surface area contributed by atoms with Crippen molar-refractivity contribution < 1.29 is 9.90 Å². The summed E-state index contributed by atoms with van der Waals surface area (Å²) < 4.78 is 0. The second kappa shape index (κ2) is 23.5. The van der Waals surface area contributed by atoms with Gasteiger partial charge < -0.3 is 11.3 Å². The fourth-order valence-corrected chi connectivity index (χ4v) is 6.74. The van der Waals surface area contributed by atoms with E-state index in [2.05, 4.69) is 41.5 Å². The fourth-order valence-electron chi connectivity index (χ4n) is 6.74. The molecule has 0 heterocycles. The Kier molecular flexibility index (Phi) is 24.6. The minimum atomic E-state index is -0.622. The van der Waals surface area contributed by atoms with Crippen LogP contribution < -0.4 is 6.15 Å². The lowest BCUT2D eigenvalue weighted by Crippen LogP contribution is -2.50. The molecule has 0 spiro atoms. The third kappa shape index (κ3) is 13.3. The number of carboxylic acids is 1. The molecule has 0 saturated heterocycles. The number of hydrogen-bond donors (Lipinski definition) is 2. The summed E-state index contributed by atoms with van der Waals surface area (Å²) in [6, 6.07) is 0. The van der Waals surface area contributed by atoms with Crippen molar-refractivity contribution >= 4 is 5.97 Å². The van der Waals surface area contributed by atoms with Crippen molar-refractivity contribution in [3.8, 4) is 0 Å². The molecule has 0 saturated carbocycles. The van der Waals surface area contributed by atoms with Gasteiger partial charge in [-0.05, 0) is 43.9 Å². The second-order valence-electron chi connectivity index (χ2n) is 11.8. The van der Waals surface area contributed by atoms with Gasteiger partial charge in [0, 0.05) is 0 Å². The lowest BCUT2D eigenvalue weighted by atomic mass is 9.51. The van der Waals surface area contributed by atoms with Crippen LogP contribution in [0.4, 0.5) is 0 Å². The summed E-state index contributed by atoms with van der Waals surface area (Å²) >= 11 is 0. The molecule has 0 aromatic heterocycles. The number of aliphatic carboxylic acids is 1. The highest BCUT2D eigenvalue weighted by Gasteiger charge is 2.54. The zero-order chi connectivity index (χ0) is 26.4. The van der Waals surface area contributed by atoms with E-state index in [4.69, 9.17) is 0 Å². The molecule has 0 radical (unpaired) electrons. The van der Waals surface area contributed by atoms with E-state index in [9.17, 15) is 9.90 Å². The molecule has 0 amide bonds. The third-order valence-corrected chi connectivity index (χ3v) is 9.41. The lowest BCUT2D eigenvalue weighted by Gasteiger charge is -2.52. The van der Waals surface area contributed by atoms with Crippen LogP contribution in [0.25, 0.3) is 0 Å². The highest BCUT2D eigenvalue weighted by atomic mass is 16.4. The standard InChI is InChI=1S/C33H66O2.H3N/c1-7-12-15-18-21-24-27-30(10-4)33(32(6,11-5)31(34)35,28-25-22-19-16-13-8-2)29-26-23-20-17-14-9-3;/h30H,7-29H2,1-6H3,(H,34,35);1H3. The van der Waals surface area contributed by atoms with Crippen molar-refractivity contribution in [2.24, 2.45) is 16.7 Å². The Hall–Kier alpha value is -0.570. The molecule has 0 aromatic carbocycles. The van der Waals surface area contributed by atoms with Crippen LogP contribution in [-0.4, -0.2) is 11.1 Å². The number of carbonyl (C=O) groups is 1. The second-order valence-corrected chi connectivity index (χ2v) is 11.8. The quantitative estimate of drug-likeness (QED) is 0.113. The highest BCUT2D eigenvalue weighted by molar-refractivity contribution is 5.75. The molecule has 0 rings (SSSR count). The Bertz CT molecular complexity index is 476. The van der Waals surface area contributed by atoms with E-state index in [-0.39, 0.29) is 11.6 Å². The molecular weight excluding hydrogens is 442 g/mol. The van der Waals surface area contributed by atoms with Gasteiger partial charge in [0.15, 0.2) is 0 Å². The van der Waals surface area contributed by atoms with Crippen molar-refractivity contribution in [2.45, 2.75) is 189 Å². The molecule has 0 bridgehead atoms. The van der Waals surface area contributed by atoms with Crippen molar-refractivity contribution in [1.82, 2.24) is 6.15 Å². The van der Waals surface area contributed by atoms with E-state index >= 15 is 0 Å². The SMILES string of the molecule is CCCCCCCCC(CC)C(CCCCCCCC)(CCCCCCCC)C(C)(CC)C(=O)O.N. The number of rotatable bonds is 26. The van der Waals surface area contributed by atoms with Gasteiger partial charge in [-0.2, -0.15) is 0 Å². The minimum absolute atomic E-state index is 0.